The van der Waals surface area contributed by atoms with Crippen molar-refractivity contribution in [3.05, 3.63) is 42.2 Å². The van der Waals surface area contributed by atoms with E-state index < -0.39 is 5.97 Å². The molecule has 1 atom stereocenters. The normalized spacial score (nSPS) is 12.1. The van der Waals surface area contributed by atoms with Gasteiger partial charge in [0.05, 0.1) is 17.3 Å². The van der Waals surface area contributed by atoms with Crippen LogP contribution in [0.25, 0.3) is 0 Å². The third-order valence-corrected chi connectivity index (χ3v) is 1.83. The molecule has 74 valence electrons. The lowest BCUT2D eigenvalue weighted by molar-refractivity contribution is 0.0696. The molecule has 0 saturated carbocycles. The van der Waals surface area contributed by atoms with E-state index in [-0.39, 0.29) is 11.6 Å². The van der Waals surface area contributed by atoms with Gasteiger partial charge in [-0.1, -0.05) is 6.08 Å². The summed E-state index contributed by atoms with van der Waals surface area (Å²) >= 11 is 0. The van der Waals surface area contributed by atoms with Crippen molar-refractivity contribution in [2.24, 2.45) is 5.73 Å². The predicted molar refractivity (Wildman–Crippen MR) is 52.9 cm³/mol. The molecule has 3 N–H and O–H groups in total. The molecule has 0 bridgehead atoms. The number of pyridine rings is 1. The predicted octanol–water partition coefficient (Wildman–Crippen LogP) is 1.36. The lowest BCUT2D eigenvalue weighted by Crippen LogP contribution is -2.11. The van der Waals surface area contributed by atoms with Gasteiger partial charge in [-0.3, -0.25) is 4.98 Å². The van der Waals surface area contributed by atoms with E-state index in [0.717, 1.165) is 0 Å². The van der Waals surface area contributed by atoms with Gasteiger partial charge < -0.3 is 10.8 Å². The largest absolute Gasteiger partial charge is 0.478 e. The van der Waals surface area contributed by atoms with Crippen molar-refractivity contribution in [2.75, 3.05) is 0 Å². The van der Waals surface area contributed by atoms with Crippen LogP contribution in [0.1, 0.15) is 28.5 Å². The van der Waals surface area contributed by atoms with Crippen LogP contribution in [0.3, 0.4) is 0 Å². The lowest BCUT2D eigenvalue weighted by Gasteiger charge is -2.07. The first-order valence-corrected chi connectivity index (χ1v) is 4.21. The zero-order valence-electron chi connectivity index (χ0n) is 7.68. The van der Waals surface area contributed by atoms with Crippen LogP contribution in [0.15, 0.2) is 31.0 Å². The molecule has 0 radical (unpaired) electrons. The van der Waals surface area contributed by atoms with Gasteiger partial charge in [-0.05, 0) is 18.6 Å². The Morgan fingerprint density at radius 2 is 2.43 bits per heavy atom. The molecule has 1 aromatic rings. The smallest absolute Gasteiger partial charge is 0.337 e. The highest BCUT2D eigenvalue weighted by Crippen LogP contribution is 2.11. The number of hydrogen-bond donors (Lipinski definition) is 2. The van der Waals surface area contributed by atoms with Crippen LogP contribution >= 0.6 is 0 Å². The highest BCUT2D eigenvalue weighted by atomic mass is 16.4. The van der Waals surface area contributed by atoms with Crippen molar-refractivity contribution in [2.45, 2.75) is 12.5 Å². The molecule has 0 spiro atoms. The van der Waals surface area contributed by atoms with Gasteiger partial charge in [-0.2, -0.15) is 0 Å². The molecule has 1 unspecified atom stereocenters. The van der Waals surface area contributed by atoms with E-state index in [9.17, 15) is 4.79 Å². The van der Waals surface area contributed by atoms with Crippen LogP contribution in [0.4, 0.5) is 0 Å². The van der Waals surface area contributed by atoms with Gasteiger partial charge in [-0.15, -0.1) is 6.58 Å². The van der Waals surface area contributed by atoms with Gasteiger partial charge in [0.1, 0.15) is 0 Å². The number of nitrogens with zero attached hydrogens (tertiary/aromatic N) is 1. The summed E-state index contributed by atoms with van der Waals surface area (Å²) in [7, 11) is 0. The first kappa shape index (κ1) is 10.4. The number of carboxylic acid groups (broad SMARTS) is 1. The summed E-state index contributed by atoms with van der Waals surface area (Å²) in [6.07, 6.45) is 3.64. The first-order chi connectivity index (χ1) is 6.65. The maximum atomic E-state index is 10.5. The van der Waals surface area contributed by atoms with Gasteiger partial charge >= 0.3 is 5.97 Å². The molecule has 4 nitrogen and oxygen atoms in total. The fraction of sp³-hybridized carbons (Fsp3) is 0.200. The van der Waals surface area contributed by atoms with E-state index in [1.165, 1.54) is 12.3 Å². The first-order valence-electron chi connectivity index (χ1n) is 4.21. The summed E-state index contributed by atoms with van der Waals surface area (Å²) in [6, 6.07) is 2.90. The third-order valence-electron chi connectivity index (χ3n) is 1.83. The number of aromatic nitrogens is 1. The molecule has 4 heteroatoms. The van der Waals surface area contributed by atoms with Gasteiger partial charge in [0.2, 0.25) is 0 Å². The topological polar surface area (TPSA) is 76.2 Å². The van der Waals surface area contributed by atoms with Crippen molar-refractivity contribution in [1.29, 1.82) is 0 Å². The minimum atomic E-state index is -0.985. The average molecular weight is 192 g/mol. The van der Waals surface area contributed by atoms with Crippen LogP contribution in [-0.4, -0.2) is 16.1 Å². The number of hydrogen-bond acceptors (Lipinski definition) is 3. The molecular formula is C10H12N2O2. The third kappa shape index (κ3) is 2.40. The molecule has 0 aliphatic carbocycles. The quantitative estimate of drug-likeness (QED) is 0.706. The number of carbonyl (C=O) groups is 1. The van der Waals surface area contributed by atoms with E-state index in [1.54, 1.807) is 12.1 Å². The van der Waals surface area contributed by atoms with Crippen LogP contribution in [0.5, 0.6) is 0 Å². The molecule has 0 aromatic carbocycles. The minimum absolute atomic E-state index is 0.166. The summed E-state index contributed by atoms with van der Waals surface area (Å²) in [5.41, 5.74) is 6.59. The summed E-state index contributed by atoms with van der Waals surface area (Å²) in [5.74, 6) is -0.985. The Morgan fingerprint density at radius 1 is 1.71 bits per heavy atom. The molecule has 0 amide bonds. The Balaban J connectivity index is 2.82. The Morgan fingerprint density at radius 3 is 2.86 bits per heavy atom. The summed E-state index contributed by atoms with van der Waals surface area (Å²) in [4.78, 5) is 14.5. The molecule has 1 aromatic heterocycles. The molecule has 0 aliphatic rings. The number of aromatic carboxylic acids is 1. The molecule has 0 aliphatic heterocycles. The van der Waals surface area contributed by atoms with E-state index >= 15 is 0 Å². The number of nitrogens with two attached hydrogens (primary N) is 1. The number of carboxylic acids is 1. The molecule has 1 heterocycles. The Bertz CT molecular complexity index is 332. The summed E-state index contributed by atoms with van der Waals surface area (Å²) in [5, 5.41) is 8.63. The van der Waals surface area contributed by atoms with Gasteiger partial charge in [-0.25, -0.2) is 4.79 Å². The zero-order valence-corrected chi connectivity index (χ0v) is 7.68. The Kier molecular flexibility index (Phi) is 3.36. The van der Waals surface area contributed by atoms with Gasteiger partial charge in [0.15, 0.2) is 0 Å². The molecule has 0 saturated heterocycles. The monoisotopic (exact) mass is 192 g/mol. The average Bonchev–Trinajstić information content (AvgIpc) is 2.18. The maximum absolute atomic E-state index is 10.5. The van der Waals surface area contributed by atoms with E-state index in [0.29, 0.717) is 12.1 Å². The minimum Gasteiger partial charge on any atom is -0.478 e. The molecule has 0 fully saturated rings. The zero-order chi connectivity index (χ0) is 10.6. The Hall–Kier alpha value is -1.68. The highest BCUT2D eigenvalue weighted by Gasteiger charge is 2.07. The molecular weight excluding hydrogens is 180 g/mol. The van der Waals surface area contributed by atoms with E-state index in [2.05, 4.69) is 11.6 Å². The second-order valence-corrected chi connectivity index (χ2v) is 2.91. The van der Waals surface area contributed by atoms with Crippen LogP contribution in [0.2, 0.25) is 0 Å². The second-order valence-electron chi connectivity index (χ2n) is 2.91. The Labute approximate surface area is 82.1 Å². The van der Waals surface area contributed by atoms with Gasteiger partial charge in [0.25, 0.3) is 0 Å². The second kappa shape index (κ2) is 4.53. The van der Waals surface area contributed by atoms with Crippen molar-refractivity contribution in [1.82, 2.24) is 4.98 Å². The van der Waals surface area contributed by atoms with E-state index in [1.807, 2.05) is 0 Å². The lowest BCUT2D eigenvalue weighted by atomic mass is 10.1. The van der Waals surface area contributed by atoms with Crippen LogP contribution < -0.4 is 5.73 Å². The molecule has 14 heavy (non-hydrogen) atoms. The standard InChI is InChI=1S/C10H12N2O2/c1-2-3-8(11)9-5-4-7(6-12-9)10(13)14/h2,4-6,8H,1,3,11H2,(H,13,14). The fourth-order valence-corrected chi connectivity index (χ4v) is 1.05. The summed E-state index contributed by atoms with van der Waals surface area (Å²) < 4.78 is 0. The molecule has 1 rings (SSSR count). The van der Waals surface area contributed by atoms with Crippen molar-refractivity contribution in [3.8, 4) is 0 Å². The summed E-state index contributed by atoms with van der Waals surface area (Å²) in [6.45, 7) is 3.57. The van der Waals surface area contributed by atoms with Crippen molar-refractivity contribution >= 4 is 5.97 Å². The maximum Gasteiger partial charge on any atom is 0.337 e. The number of rotatable bonds is 4. The van der Waals surface area contributed by atoms with Crippen LogP contribution in [0, 0.1) is 0 Å². The fourth-order valence-electron chi connectivity index (χ4n) is 1.05. The van der Waals surface area contributed by atoms with Crippen molar-refractivity contribution < 1.29 is 9.90 Å². The van der Waals surface area contributed by atoms with E-state index in [4.69, 9.17) is 10.8 Å². The van der Waals surface area contributed by atoms with Crippen LogP contribution in [-0.2, 0) is 0 Å². The highest BCUT2D eigenvalue weighted by molar-refractivity contribution is 5.87. The van der Waals surface area contributed by atoms with Gasteiger partial charge in [0, 0.05) is 6.20 Å². The van der Waals surface area contributed by atoms with Crippen molar-refractivity contribution in [3.63, 3.8) is 0 Å². The SMILES string of the molecule is C=CCC(N)c1ccc(C(=O)O)cn1.